The molecule has 3 aliphatic heterocycles. The van der Waals surface area contributed by atoms with Crippen molar-refractivity contribution in [1.29, 1.82) is 0 Å². The van der Waals surface area contributed by atoms with Gasteiger partial charge in [0.25, 0.3) is 0 Å². The second-order valence-electron chi connectivity index (χ2n) is 7.05. The van der Waals surface area contributed by atoms with Gasteiger partial charge in [-0.15, -0.1) is 22.7 Å². The van der Waals surface area contributed by atoms with Crippen LogP contribution in [-0.4, -0.2) is 59.9 Å². The molecule has 0 aliphatic carbocycles. The monoisotopic (exact) mass is 476 g/mol. The average molecular weight is 477 g/mol. The van der Waals surface area contributed by atoms with Crippen LogP contribution in [0.5, 0.6) is 0 Å². The lowest BCUT2D eigenvalue weighted by molar-refractivity contribution is -0.938. The maximum Gasteiger partial charge on any atom is 0.349 e. The van der Waals surface area contributed by atoms with Crippen LogP contribution in [0.2, 0.25) is 0 Å². The lowest BCUT2D eigenvalue weighted by Crippen LogP contribution is -3.00. The van der Waals surface area contributed by atoms with Crippen molar-refractivity contribution in [3.8, 4) is 0 Å². The molecule has 2 bridgehead atoms. The number of esters is 1. The van der Waals surface area contributed by atoms with E-state index < -0.39 is 54.7 Å². The van der Waals surface area contributed by atoms with Crippen LogP contribution in [0.4, 0.5) is 0 Å². The van der Waals surface area contributed by atoms with Crippen molar-refractivity contribution in [2.24, 2.45) is 0 Å². The Morgan fingerprint density at radius 3 is 2.19 bits per heavy atom. The summed E-state index contributed by atoms with van der Waals surface area (Å²) >= 11 is 2.35. The predicted molar refractivity (Wildman–Crippen MR) is 99.1 cm³/mol. The van der Waals surface area contributed by atoms with Crippen molar-refractivity contribution in [3.05, 3.63) is 44.8 Å². The molecule has 4 atom stereocenters. The Kier molecular flexibility index (Phi) is 3.50. The van der Waals surface area contributed by atoms with E-state index in [0.717, 1.165) is 0 Å². The minimum atomic E-state index is -2.13. The van der Waals surface area contributed by atoms with E-state index in [1.54, 1.807) is 49.1 Å². The first-order chi connectivity index (χ1) is 14.2. The molecule has 5 nitrogen and oxygen atoms in total. The molecule has 0 spiro atoms. The van der Waals surface area contributed by atoms with E-state index >= 15 is 0 Å². The first kappa shape index (κ1) is 14.3. The molecule has 3 saturated heterocycles. The normalized spacial score (nSPS) is 49.4. The predicted octanol–water partition coefficient (Wildman–Crippen LogP) is -0.650. The average Bonchev–Trinajstić information content (AvgIpc) is 3.18. The topological polar surface area (TPSA) is 59.1 Å². The summed E-state index contributed by atoms with van der Waals surface area (Å²) in [4.78, 5) is 14.0. The van der Waals surface area contributed by atoms with Gasteiger partial charge in [-0.25, -0.2) is 4.79 Å². The molecular weight excluding hydrogens is 450 g/mol. The van der Waals surface area contributed by atoms with E-state index in [1.807, 2.05) is 0 Å². The zero-order valence-electron chi connectivity index (χ0n) is 19.7. The molecule has 0 aromatic carbocycles. The summed E-state index contributed by atoms with van der Waals surface area (Å²) in [5.74, 6) is -1.07. The van der Waals surface area contributed by atoms with Gasteiger partial charge in [0.15, 0.2) is 0 Å². The Bertz CT molecular complexity index is 1010. The Morgan fingerprint density at radius 2 is 1.74 bits per heavy atom. The number of morpholine rings is 1. The van der Waals surface area contributed by atoms with Gasteiger partial charge in [0.1, 0.15) is 30.3 Å². The molecule has 3 fully saturated rings. The van der Waals surface area contributed by atoms with Crippen molar-refractivity contribution < 1.29 is 47.7 Å². The van der Waals surface area contributed by atoms with Crippen molar-refractivity contribution in [2.45, 2.75) is 48.7 Å². The third-order valence-electron chi connectivity index (χ3n) is 5.26. The van der Waals surface area contributed by atoms with Crippen LogP contribution in [0.3, 0.4) is 0 Å². The fourth-order valence-corrected chi connectivity index (χ4v) is 5.40. The lowest BCUT2D eigenvalue weighted by Gasteiger charge is -2.45. The van der Waals surface area contributed by atoms with Crippen LogP contribution in [0.25, 0.3) is 0 Å². The maximum absolute atomic E-state index is 13.4. The van der Waals surface area contributed by atoms with Crippen LogP contribution in [0, 0.1) is 0 Å². The van der Waals surface area contributed by atoms with Gasteiger partial charge in [0.2, 0.25) is 5.60 Å². The zero-order valence-corrected chi connectivity index (χ0v) is 17.9. The highest BCUT2D eigenvalue weighted by atomic mass is 79.9. The summed E-state index contributed by atoms with van der Waals surface area (Å²) in [5, 5.41) is 14.9. The smallest absolute Gasteiger partial charge is 0.349 e. The number of rotatable bonds is 4. The van der Waals surface area contributed by atoms with E-state index in [1.165, 1.54) is 22.7 Å². The van der Waals surface area contributed by atoms with Gasteiger partial charge in [-0.05, 0) is 22.9 Å². The SMILES string of the molecule is [2H]C1(OC(=O)C(O)(c2cccs2)c2cccs2)CC2([2H])C3([2H])OC3([2H])C([2H])(C1)[N+]2(C)C.[Br-]. The highest BCUT2D eigenvalue weighted by molar-refractivity contribution is 7.12. The van der Waals surface area contributed by atoms with Gasteiger partial charge in [-0.1, -0.05) is 12.1 Å². The van der Waals surface area contributed by atoms with Gasteiger partial charge in [-0.2, -0.15) is 0 Å². The molecule has 0 radical (unpaired) electrons. The number of thiophene rings is 2. The van der Waals surface area contributed by atoms with Gasteiger partial charge in [0, 0.05) is 12.8 Å². The van der Waals surface area contributed by atoms with E-state index in [2.05, 4.69) is 0 Å². The van der Waals surface area contributed by atoms with Crippen molar-refractivity contribution >= 4 is 28.6 Å². The highest BCUT2D eigenvalue weighted by Gasteiger charge is 2.71. The number of fused-ring (bicyclic) bond motifs is 5. The first-order valence-electron chi connectivity index (χ1n) is 10.8. The molecule has 146 valence electrons. The van der Waals surface area contributed by atoms with Crippen LogP contribution >= 0.6 is 22.7 Å². The molecule has 2 aromatic heterocycles. The lowest BCUT2D eigenvalue weighted by atomic mass is 9.95. The number of ether oxygens (including phenoxy) is 2. The molecule has 5 heterocycles. The maximum atomic E-state index is 13.4. The molecular formula is C19H22BrNO4S2. The molecule has 5 rings (SSSR count). The second-order valence-corrected chi connectivity index (χ2v) is 8.95. The molecule has 4 unspecified atom stereocenters. The van der Waals surface area contributed by atoms with E-state index in [0.29, 0.717) is 9.75 Å². The summed E-state index contributed by atoms with van der Waals surface area (Å²) in [7, 11) is 3.16. The number of nitrogens with zero attached hydrogens (tertiary/aromatic N) is 1. The van der Waals surface area contributed by atoms with Gasteiger partial charge in [0.05, 0.1) is 30.7 Å². The Hall–Kier alpha value is -0.770. The Morgan fingerprint density at radius 1 is 1.22 bits per heavy atom. The molecule has 8 heteroatoms. The summed E-state index contributed by atoms with van der Waals surface area (Å²) in [6, 6.07) is 2.84. The number of likely N-dealkylation sites (N-methyl/N-ethyl adjacent to an activating group) is 1. The highest BCUT2D eigenvalue weighted by Crippen LogP contribution is 2.52. The number of carbonyl (C=O) groups excluding carboxylic acids is 1. The zero-order chi connectivity index (χ0) is 22.7. The molecule has 0 amide bonds. The summed E-state index contributed by atoms with van der Waals surface area (Å²) < 4.78 is 54.5. The number of hydrogen-bond donors (Lipinski definition) is 1. The largest absolute Gasteiger partial charge is 1.00 e. The van der Waals surface area contributed by atoms with E-state index in [9.17, 15) is 9.90 Å². The minimum absolute atomic E-state index is 0. The molecule has 1 N–H and O–H groups in total. The summed E-state index contributed by atoms with van der Waals surface area (Å²) in [5.41, 5.74) is -2.13. The van der Waals surface area contributed by atoms with Gasteiger partial charge in [-0.3, -0.25) is 0 Å². The van der Waals surface area contributed by atoms with Crippen molar-refractivity contribution in [2.75, 3.05) is 14.1 Å². The Labute approximate surface area is 183 Å². The molecule has 27 heavy (non-hydrogen) atoms. The summed E-state index contributed by atoms with van der Waals surface area (Å²) in [6.45, 7) is 0. The number of hydrogen-bond acceptors (Lipinski definition) is 6. The Balaban J connectivity index is 0.00000245. The van der Waals surface area contributed by atoms with E-state index in [4.69, 9.17) is 16.3 Å². The fourth-order valence-electron chi connectivity index (χ4n) is 3.69. The molecule has 2 aromatic rings. The van der Waals surface area contributed by atoms with Crippen LogP contribution in [0.1, 0.15) is 29.4 Å². The molecule has 0 saturated carbocycles. The van der Waals surface area contributed by atoms with Crippen LogP contribution in [-0.2, 0) is 19.9 Å². The third-order valence-corrected chi connectivity index (χ3v) is 7.22. The van der Waals surface area contributed by atoms with Crippen LogP contribution in [0.15, 0.2) is 35.0 Å². The molecule has 3 aliphatic rings. The number of aliphatic hydroxyl groups is 1. The van der Waals surface area contributed by atoms with Crippen LogP contribution < -0.4 is 17.0 Å². The second kappa shape index (κ2) is 6.64. The number of epoxide rings is 1. The van der Waals surface area contributed by atoms with Crippen molar-refractivity contribution in [3.63, 3.8) is 0 Å². The number of halogens is 1. The summed E-state index contributed by atoms with van der Waals surface area (Å²) in [6.07, 6.45) is -6.92. The first-order valence-corrected chi connectivity index (χ1v) is 10.0. The minimum Gasteiger partial charge on any atom is -1.00 e. The quantitative estimate of drug-likeness (QED) is 0.362. The fraction of sp³-hybridized carbons (Fsp3) is 0.526. The van der Waals surface area contributed by atoms with Gasteiger partial charge < -0.3 is 36.0 Å². The van der Waals surface area contributed by atoms with Crippen molar-refractivity contribution in [1.82, 2.24) is 0 Å². The standard InChI is InChI=1S/C19H22NO4S2.BrH/c1-20(2)12-9-11(10-13(20)17-16(12)24-17)23-18(21)19(22,14-5-3-7-25-14)15-6-4-8-26-15;/h3-8,11-13,16-17,22H,9-10H2,1-2H3;1H/q+1;/p-1/i11D,12D,13D,16D,17D;. The third kappa shape index (κ3) is 2.84. The number of carbonyl (C=O) groups is 1. The number of piperidine rings is 1. The van der Waals surface area contributed by atoms with Gasteiger partial charge >= 0.3 is 5.97 Å². The number of quaternary nitrogens is 1. The van der Waals surface area contributed by atoms with E-state index in [-0.39, 0.29) is 21.5 Å².